The standard InChI is InChI=1S/C15H29N3O/c1-7-13(16-10-15(4,5)8-9-19)14-11(2)17-18(6)12(14)3/h13,16,19H,7-10H2,1-6H3. The summed E-state index contributed by atoms with van der Waals surface area (Å²) < 4.78 is 1.95. The summed E-state index contributed by atoms with van der Waals surface area (Å²) in [6.45, 7) is 11.9. The smallest absolute Gasteiger partial charge is 0.0644 e. The van der Waals surface area contributed by atoms with E-state index < -0.39 is 0 Å². The van der Waals surface area contributed by atoms with Gasteiger partial charge in [0, 0.05) is 37.5 Å². The molecule has 0 amide bonds. The highest BCUT2D eigenvalue weighted by atomic mass is 16.3. The summed E-state index contributed by atoms with van der Waals surface area (Å²) in [5.74, 6) is 0. The largest absolute Gasteiger partial charge is 0.396 e. The molecule has 0 aliphatic heterocycles. The van der Waals surface area contributed by atoms with E-state index in [2.05, 4.69) is 45.0 Å². The van der Waals surface area contributed by atoms with Gasteiger partial charge in [0.1, 0.15) is 0 Å². The van der Waals surface area contributed by atoms with Crippen molar-refractivity contribution >= 4 is 0 Å². The van der Waals surface area contributed by atoms with E-state index >= 15 is 0 Å². The number of aliphatic hydroxyl groups excluding tert-OH is 1. The number of aromatic nitrogens is 2. The van der Waals surface area contributed by atoms with Crippen molar-refractivity contribution in [2.24, 2.45) is 12.5 Å². The molecular formula is C15H29N3O. The Morgan fingerprint density at radius 2 is 2.00 bits per heavy atom. The Balaban J connectivity index is 2.79. The molecule has 1 atom stereocenters. The highest BCUT2D eigenvalue weighted by molar-refractivity contribution is 5.28. The summed E-state index contributed by atoms with van der Waals surface area (Å²) in [6.07, 6.45) is 1.87. The number of aryl methyl sites for hydroxylation is 2. The lowest BCUT2D eigenvalue weighted by molar-refractivity contribution is 0.202. The van der Waals surface area contributed by atoms with Crippen LogP contribution in [0.2, 0.25) is 0 Å². The van der Waals surface area contributed by atoms with Crippen molar-refractivity contribution in [3.63, 3.8) is 0 Å². The summed E-state index contributed by atoms with van der Waals surface area (Å²) in [6, 6.07) is 0.340. The minimum Gasteiger partial charge on any atom is -0.396 e. The van der Waals surface area contributed by atoms with E-state index in [1.54, 1.807) is 0 Å². The highest BCUT2D eigenvalue weighted by Crippen LogP contribution is 2.26. The molecule has 0 bridgehead atoms. The number of rotatable bonds is 7. The topological polar surface area (TPSA) is 50.1 Å². The highest BCUT2D eigenvalue weighted by Gasteiger charge is 2.22. The van der Waals surface area contributed by atoms with Crippen molar-refractivity contribution in [3.05, 3.63) is 17.0 Å². The van der Waals surface area contributed by atoms with E-state index in [-0.39, 0.29) is 12.0 Å². The van der Waals surface area contributed by atoms with Crippen LogP contribution in [0.4, 0.5) is 0 Å². The van der Waals surface area contributed by atoms with Gasteiger partial charge in [0.25, 0.3) is 0 Å². The van der Waals surface area contributed by atoms with E-state index in [1.807, 2.05) is 11.7 Å². The van der Waals surface area contributed by atoms with Gasteiger partial charge in [-0.15, -0.1) is 0 Å². The molecule has 0 radical (unpaired) electrons. The maximum absolute atomic E-state index is 9.09. The Bertz CT molecular complexity index is 410. The summed E-state index contributed by atoms with van der Waals surface area (Å²) in [5, 5.41) is 17.2. The fraction of sp³-hybridized carbons (Fsp3) is 0.800. The zero-order chi connectivity index (χ0) is 14.6. The Hall–Kier alpha value is -0.870. The average molecular weight is 267 g/mol. The number of hydrogen-bond acceptors (Lipinski definition) is 3. The first-order valence-corrected chi connectivity index (χ1v) is 7.16. The molecule has 0 aliphatic rings. The lowest BCUT2D eigenvalue weighted by Gasteiger charge is -2.28. The number of aliphatic hydroxyl groups is 1. The van der Waals surface area contributed by atoms with Crippen LogP contribution in [0.1, 0.15) is 56.6 Å². The lowest BCUT2D eigenvalue weighted by atomic mass is 9.89. The Kier molecular flexibility index (Phi) is 5.56. The van der Waals surface area contributed by atoms with Gasteiger partial charge >= 0.3 is 0 Å². The normalized spacial score (nSPS) is 13.8. The van der Waals surface area contributed by atoms with E-state index in [0.29, 0.717) is 6.04 Å². The average Bonchev–Trinajstić information content (AvgIpc) is 2.56. The van der Waals surface area contributed by atoms with Gasteiger partial charge < -0.3 is 10.4 Å². The van der Waals surface area contributed by atoms with Gasteiger partial charge in [0.2, 0.25) is 0 Å². The molecule has 4 nitrogen and oxygen atoms in total. The predicted molar refractivity (Wildman–Crippen MR) is 79.2 cm³/mol. The predicted octanol–water partition coefficient (Wildman–Crippen LogP) is 2.49. The third-order valence-corrected chi connectivity index (χ3v) is 3.94. The number of nitrogens with zero attached hydrogens (tertiary/aromatic N) is 2. The van der Waals surface area contributed by atoms with Crippen LogP contribution >= 0.6 is 0 Å². The molecule has 1 aromatic heterocycles. The second-order valence-electron chi connectivity index (χ2n) is 6.19. The van der Waals surface area contributed by atoms with Gasteiger partial charge in [-0.25, -0.2) is 0 Å². The molecule has 0 saturated carbocycles. The fourth-order valence-corrected chi connectivity index (χ4v) is 2.54. The molecule has 0 spiro atoms. The molecule has 19 heavy (non-hydrogen) atoms. The van der Waals surface area contributed by atoms with Crippen LogP contribution in [0.25, 0.3) is 0 Å². The summed E-state index contributed by atoms with van der Waals surface area (Å²) in [4.78, 5) is 0. The third-order valence-electron chi connectivity index (χ3n) is 3.94. The third kappa shape index (κ3) is 4.05. The quantitative estimate of drug-likeness (QED) is 0.798. The van der Waals surface area contributed by atoms with Crippen molar-refractivity contribution < 1.29 is 5.11 Å². The van der Waals surface area contributed by atoms with Crippen LogP contribution in [0.3, 0.4) is 0 Å². The van der Waals surface area contributed by atoms with Crippen LogP contribution in [-0.2, 0) is 7.05 Å². The minimum atomic E-state index is 0.117. The van der Waals surface area contributed by atoms with Gasteiger partial charge in [-0.2, -0.15) is 5.10 Å². The van der Waals surface area contributed by atoms with Crippen molar-refractivity contribution in [2.45, 2.75) is 53.5 Å². The molecule has 0 fully saturated rings. The van der Waals surface area contributed by atoms with Crippen molar-refractivity contribution in [3.8, 4) is 0 Å². The van der Waals surface area contributed by atoms with Gasteiger partial charge in [-0.05, 0) is 32.1 Å². The Labute approximate surface area is 117 Å². The van der Waals surface area contributed by atoms with Gasteiger partial charge in [0.05, 0.1) is 5.69 Å². The zero-order valence-electron chi connectivity index (χ0n) is 13.2. The molecule has 1 heterocycles. The fourth-order valence-electron chi connectivity index (χ4n) is 2.54. The summed E-state index contributed by atoms with van der Waals surface area (Å²) in [7, 11) is 1.99. The molecule has 0 aliphatic carbocycles. The van der Waals surface area contributed by atoms with Gasteiger partial charge in [-0.3, -0.25) is 4.68 Å². The van der Waals surface area contributed by atoms with Gasteiger partial charge in [0.15, 0.2) is 0 Å². The number of nitrogens with one attached hydrogen (secondary N) is 1. The second-order valence-corrected chi connectivity index (χ2v) is 6.19. The van der Waals surface area contributed by atoms with Crippen LogP contribution in [0.15, 0.2) is 0 Å². The monoisotopic (exact) mass is 267 g/mol. The first-order valence-electron chi connectivity index (χ1n) is 7.16. The molecule has 1 aromatic rings. The van der Waals surface area contributed by atoms with E-state index in [0.717, 1.165) is 25.1 Å². The molecule has 0 aromatic carbocycles. The van der Waals surface area contributed by atoms with Crippen molar-refractivity contribution in [2.75, 3.05) is 13.2 Å². The van der Waals surface area contributed by atoms with Crippen LogP contribution in [-0.4, -0.2) is 28.0 Å². The lowest BCUT2D eigenvalue weighted by Crippen LogP contribution is -2.33. The SMILES string of the molecule is CCC(NCC(C)(C)CCO)c1c(C)nn(C)c1C. The molecule has 1 rings (SSSR count). The van der Waals surface area contributed by atoms with Crippen LogP contribution < -0.4 is 5.32 Å². The van der Waals surface area contributed by atoms with Gasteiger partial charge in [-0.1, -0.05) is 20.8 Å². The van der Waals surface area contributed by atoms with Crippen LogP contribution in [0, 0.1) is 19.3 Å². The first-order chi connectivity index (χ1) is 8.82. The first kappa shape index (κ1) is 16.2. The maximum atomic E-state index is 9.09. The van der Waals surface area contributed by atoms with Crippen molar-refractivity contribution in [1.29, 1.82) is 0 Å². The van der Waals surface area contributed by atoms with Crippen LogP contribution in [0.5, 0.6) is 0 Å². The zero-order valence-corrected chi connectivity index (χ0v) is 13.2. The molecule has 0 saturated heterocycles. The second kappa shape index (κ2) is 6.53. The Morgan fingerprint density at radius 3 is 2.42 bits per heavy atom. The minimum absolute atomic E-state index is 0.117. The Morgan fingerprint density at radius 1 is 1.37 bits per heavy atom. The van der Waals surface area contributed by atoms with E-state index in [1.165, 1.54) is 11.3 Å². The maximum Gasteiger partial charge on any atom is 0.0644 e. The molecule has 4 heteroatoms. The summed E-state index contributed by atoms with van der Waals surface area (Å²) in [5.41, 5.74) is 3.78. The number of hydrogen-bond donors (Lipinski definition) is 2. The summed E-state index contributed by atoms with van der Waals surface area (Å²) >= 11 is 0. The van der Waals surface area contributed by atoms with E-state index in [4.69, 9.17) is 5.11 Å². The van der Waals surface area contributed by atoms with Crippen molar-refractivity contribution in [1.82, 2.24) is 15.1 Å². The molecular weight excluding hydrogens is 238 g/mol. The molecule has 2 N–H and O–H groups in total. The van der Waals surface area contributed by atoms with E-state index in [9.17, 15) is 0 Å². The molecule has 110 valence electrons. The molecule has 1 unspecified atom stereocenters.